The Balaban J connectivity index is 0.000000686. The van der Waals surface area contributed by atoms with E-state index in [1.165, 1.54) is 43.3 Å². The summed E-state index contributed by atoms with van der Waals surface area (Å²) in [5.41, 5.74) is 2.81. The lowest BCUT2D eigenvalue weighted by molar-refractivity contribution is 0.407. The van der Waals surface area contributed by atoms with Crippen LogP contribution in [0.25, 0.3) is 0 Å². The second-order valence-corrected chi connectivity index (χ2v) is 4.35. The van der Waals surface area contributed by atoms with Crippen molar-refractivity contribution in [1.29, 1.82) is 0 Å². The van der Waals surface area contributed by atoms with E-state index < -0.39 is 0 Å². The van der Waals surface area contributed by atoms with Crippen molar-refractivity contribution in [3.63, 3.8) is 0 Å². The van der Waals surface area contributed by atoms with Gasteiger partial charge >= 0.3 is 0 Å². The van der Waals surface area contributed by atoms with Gasteiger partial charge in [-0.15, -0.1) is 0 Å². The van der Waals surface area contributed by atoms with Gasteiger partial charge in [-0.05, 0) is 31.3 Å². The first-order valence-electron chi connectivity index (χ1n) is 6.97. The summed E-state index contributed by atoms with van der Waals surface area (Å²) < 4.78 is 0. The first kappa shape index (κ1) is 14.0. The van der Waals surface area contributed by atoms with Crippen molar-refractivity contribution < 1.29 is 0 Å². The monoisotopic (exact) mass is 234 g/mol. The maximum Gasteiger partial charge on any atom is 0.132 e. The predicted octanol–water partition coefficient (Wildman–Crippen LogP) is 4.05. The van der Waals surface area contributed by atoms with Crippen LogP contribution in [0.5, 0.6) is 0 Å². The van der Waals surface area contributed by atoms with Crippen LogP contribution in [0, 0.1) is 5.92 Å². The number of amidine groups is 1. The Kier molecular flexibility index (Phi) is 6.03. The largest absolute Gasteiger partial charge is 0.346 e. The summed E-state index contributed by atoms with van der Waals surface area (Å²) in [6.07, 6.45) is 11.2. The molecule has 0 spiro atoms. The van der Waals surface area contributed by atoms with Gasteiger partial charge < -0.3 is 5.32 Å². The molecule has 96 valence electrons. The molecule has 0 radical (unpaired) electrons. The molecule has 0 atom stereocenters. The van der Waals surface area contributed by atoms with Crippen LogP contribution in [-0.2, 0) is 0 Å². The molecule has 1 aliphatic carbocycles. The van der Waals surface area contributed by atoms with Gasteiger partial charge in [0.15, 0.2) is 0 Å². The average Bonchev–Trinajstić information content (AvgIpc) is 2.84. The van der Waals surface area contributed by atoms with Crippen molar-refractivity contribution in [2.24, 2.45) is 10.9 Å². The Morgan fingerprint density at radius 3 is 2.41 bits per heavy atom. The van der Waals surface area contributed by atoms with E-state index in [-0.39, 0.29) is 0 Å². The second-order valence-electron chi connectivity index (χ2n) is 4.35. The van der Waals surface area contributed by atoms with E-state index in [1.807, 2.05) is 20.9 Å². The highest BCUT2D eigenvalue weighted by atomic mass is 15.0. The normalized spacial score (nSPS) is 25.3. The average molecular weight is 234 g/mol. The van der Waals surface area contributed by atoms with Crippen molar-refractivity contribution in [3.8, 4) is 0 Å². The molecule has 2 heteroatoms. The molecule has 2 nitrogen and oxygen atoms in total. The summed E-state index contributed by atoms with van der Waals surface area (Å²) >= 11 is 0. The van der Waals surface area contributed by atoms with Crippen LogP contribution in [0.1, 0.15) is 52.9 Å². The number of hydrogen-bond donors (Lipinski definition) is 1. The van der Waals surface area contributed by atoms with Gasteiger partial charge in [0, 0.05) is 18.8 Å². The predicted molar refractivity (Wildman–Crippen MR) is 76.3 cm³/mol. The number of aliphatic imine (C=N–C) groups is 1. The molecule has 0 bridgehead atoms. The molecule has 2 aliphatic rings. The van der Waals surface area contributed by atoms with Crippen LogP contribution in [0.3, 0.4) is 0 Å². The zero-order valence-electron chi connectivity index (χ0n) is 11.7. The highest BCUT2D eigenvalue weighted by Crippen LogP contribution is 2.35. The second kappa shape index (κ2) is 7.31. The molecule has 1 saturated carbocycles. The van der Waals surface area contributed by atoms with E-state index in [9.17, 15) is 0 Å². The van der Waals surface area contributed by atoms with Gasteiger partial charge in [-0.1, -0.05) is 39.2 Å². The smallest absolute Gasteiger partial charge is 0.132 e. The maximum absolute atomic E-state index is 4.27. The van der Waals surface area contributed by atoms with Crippen molar-refractivity contribution in [2.45, 2.75) is 52.9 Å². The quantitative estimate of drug-likeness (QED) is 0.727. The molecule has 2 rings (SSSR count). The fourth-order valence-electron chi connectivity index (χ4n) is 2.68. The highest BCUT2D eigenvalue weighted by molar-refractivity contribution is 6.05. The van der Waals surface area contributed by atoms with Crippen molar-refractivity contribution >= 4 is 5.84 Å². The lowest BCUT2D eigenvalue weighted by Crippen LogP contribution is -2.14. The van der Waals surface area contributed by atoms with Gasteiger partial charge in [-0.3, -0.25) is 4.99 Å². The SMILES string of the molecule is C/C=C1/C(C2CCCCC2)=CNC1=NC.CC. The van der Waals surface area contributed by atoms with Crippen LogP contribution in [-0.4, -0.2) is 12.9 Å². The van der Waals surface area contributed by atoms with Crippen molar-refractivity contribution in [2.75, 3.05) is 7.05 Å². The van der Waals surface area contributed by atoms with Crippen LogP contribution >= 0.6 is 0 Å². The third kappa shape index (κ3) is 3.21. The molecule has 0 amide bonds. The Labute approximate surface area is 106 Å². The zero-order chi connectivity index (χ0) is 12.7. The molecule has 1 heterocycles. The molecule has 0 aromatic carbocycles. The van der Waals surface area contributed by atoms with E-state index in [1.54, 1.807) is 0 Å². The molecule has 1 N–H and O–H groups in total. The van der Waals surface area contributed by atoms with Gasteiger partial charge in [0.25, 0.3) is 0 Å². The van der Waals surface area contributed by atoms with E-state index in [0.29, 0.717) is 0 Å². The van der Waals surface area contributed by atoms with E-state index >= 15 is 0 Å². The minimum atomic E-state index is 0.761. The van der Waals surface area contributed by atoms with Gasteiger partial charge in [0.05, 0.1) is 0 Å². The fourth-order valence-corrected chi connectivity index (χ4v) is 2.68. The van der Waals surface area contributed by atoms with Gasteiger partial charge in [0.2, 0.25) is 0 Å². The lowest BCUT2D eigenvalue weighted by atomic mass is 9.82. The molecule has 0 unspecified atom stereocenters. The third-order valence-electron chi connectivity index (χ3n) is 3.49. The van der Waals surface area contributed by atoms with Crippen LogP contribution in [0.2, 0.25) is 0 Å². The topological polar surface area (TPSA) is 24.4 Å². The maximum atomic E-state index is 4.27. The van der Waals surface area contributed by atoms with Crippen LogP contribution in [0.4, 0.5) is 0 Å². The number of nitrogens with zero attached hydrogens (tertiary/aromatic N) is 1. The Morgan fingerprint density at radius 2 is 1.88 bits per heavy atom. The summed E-state index contributed by atoms with van der Waals surface area (Å²) in [4.78, 5) is 4.27. The Bertz CT molecular complexity index is 318. The molecule has 0 aromatic rings. The summed E-state index contributed by atoms with van der Waals surface area (Å²) in [5, 5.41) is 3.27. The third-order valence-corrected chi connectivity index (χ3v) is 3.49. The first-order chi connectivity index (χ1) is 8.36. The molecular weight excluding hydrogens is 208 g/mol. The van der Waals surface area contributed by atoms with Crippen LogP contribution < -0.4 is 5.32 Å². The van der Waals surface area contributed by atoms with E-state index in [2.05, 4.69) is 29.5 Å². The fraction of sp³-hybridized carbons (Fsp3) is 0.667. The Morgan fingerprint density at radius 1 is 1.24 bits per heavy atom. The molecule has 0 aromatic heterocycles. The van der Waals surface area contributed by atoms with E-state index in [0.717, 1.165) is 11.8 Å². The Hall–Kier alpha value is -1.05. The number of hydrogen-bond acceptors (Lipinski definition) is 1. The number of rotatable bonds is 1. The molecule has 0 saturated heterocycles. The highest BCUT2D eigenvalue weighted by Gasteiger charge is 2.25. The van der Waals surface area contributed by atoms with Gasteiger partial charge in [-0.2, -0.15) is 0 Å². The molecule has 17 heavy (non-hydrogen) atoms. The summed E-state index contributed by atoms with van der Waals surface area (Å²) in [6, 6.07) is 0. The minimum Gasteiger partial charge on any atom is -0.346 e. The van der Waals surface area contributed by atoms with Gasteiger partial charge in [0.1, 0.15) is 5.84 Å². The molecule has 1 aliphatic heterocycles. The molecule has 1 fully saturated rings. The number of nitrogens with one attached hydrogen (secondary N) is 1. The van der Waals surface area contributed by atoms with Crippen molar-refractivity contribution in [3.05, 3.63) is 23.4 Å². The lowest BCUT2D eigenvalue weighted by Gasteiger charge is -2.23. The summed E-state index contributed by atoms with van der Waals surface area (Å²) in [6.45, 7) is 6.10. The van der Waals surface area contributed by atoms with E-state index in [4.69, 9.17) is 0 Å². The van der Waals surface area contributed by atoms with Gasteiger partial charge in [-0.25, -0.2) is 0 Å². The van der Waals surface area contributed by atoms with Crippen molar-refractivity contribution in [1.82, 2.24) is 5.32 Å². The number of allylic oxidation sites excluding steroid dienone is 1. The standard InChI is InChI=1S/C13H20N2.C2H6/c1-3-11-12(9-15-13(11)14-2)10-7-5-4-6-8-10;1-2/h3,9-10H,4-8H2,1-2H3,(H,14,15);1-2H3/b11-3-;. The molecular formula is C15H26N2. The summed E-state index contributed by atoms with van der Waals surface area (Å²) in [5.74, 6) is 1.80. The minimum absolute atomic E-state index is 0.761. The zero-order valence-corrected chi connectivity index (χ0v) is 11.7. The van der Waals surface area contributed by atoms with Crippen LogP contribution in [0.15, 0.2) is 28.4 Å². The summed E-state index contributed by atoms with van der Waals surface area (Å²) in [7, 11) is 1.85. The first-order valence-corrected chi connectivity index (χ1v) is 6.97.